The van der Waals surface area contributed by atoms with E-state index >= 15 is 0 Å². The number of halogens is 1. The van der Waals surface area contributed by atoms with E-state index in [1.165, 1.54) is 7.11 Å². The minimum Gasteiger partial charge on any atom is -0.464 e. The summed E-state index contributed by atoms with van der Waals surface area (Å²) in [5, 5.41) is 0. The summed E-state index contributed by atoms with van der Waals surface area (Å²) in [7, 11) is 1.37. The van der Waals surface area contributed by atoms with Crippen LogP contribution in [0.25, 0.3) is 5.65 Å². The maximum atomic E-state index is 11.4. The third-order valence-corrected chi connectivity index (χ3v) is 2.64. The lowest BCUT2D eigenvalue weighted by atomic mass is 10.3. The summed E-state index contributed by atoms with van der Waals surface area (Å²) in [4.78, 5) is 15.5. The molecule has 2 aromatic rings. The molecule has 0 bridgehead atoms. The molecule has 0 aliphatic heterocycles. The number of methoxy groups -OCH3 is 1. The second-order valence-corrected chi connectivity index (χ2v) is 3.78. The van der Waals surface area contributed by atoms with Crippen LogP contribution >= 0.6 is 22.6 Å². The van der Waals surface area contributed by atoms with Crippen molar-refractivity contribution in [3.63, 3.8) is 0 Å². The molecular weight excluding hydrogens is 295 g/mol. The fourth-order valence-electron chi connectivity index (χ4n) is 1.26. The van der Waals surface area contributed by atoms with Gasteiger partial charge in [-0.15, -0.1) is 0 Å². The molecule has 2 aromatic heterocycles. The Morgan fingerprint density at radius 2 is 2.36 bits per heavy atom. The number of nitrogens with zero attached hydrogens (tertiary/aromatic N) is 2. The molecule has 0 spiro atoms. The summed E-state index contributed by atoms with van der Waals surface area (Å²) >= 11 is 2.12. The third kappa shape index (κ3) is 1.37. The monoisotopic (exact) mass is 302 g/mol. The van der Waals surface area contributed by atoms with Crippen molar-refractivity contribution >= 4 is 34.2 Å². The molecule has 0 saturated carbocycles. The first-order valence-electron chi connectivity index (χ1n) is 3.94. The van der Waals surface area contributed by atoms with Crippen molar-refractivity contribution in [3.8, 4) is 0 Å². The quantitative estimate of drug-likeness (QED) is 0.595. The topological polar surface area (TPSA) is 43.6 Å². The average molecular weight is 302 g/mol. The molecular formula is C9H7IN2O2. The predicted octanol–water partition coefficient (Wildman–Crippen LogP) is 1.73. The molecule has 0 aliphatic rings. The van der Waals surface area contributed by atoms with E-state index in [9.17, 15) is 4.79 Å². The van der Waals surface area contributed by atoms with Crippen molar-refractivity contribution in [1.82, 2.24) is 9.38 Å². The molecule has 0 aromatic carbocycles. The Kier molecular flexibility index (Phi) is 2.40. The van der Waals surface area contributed by atoms with Crippen LogP contribution in [0.4, 0.5) is 0 Å². The Morgan fingerprint density at radius 3 is 3.07 bits per heavy atom. The van der Waals surface area contributed by atoms with Gasteiger partial charge in [0.2, 0.25) is 0 Å². The number of rotatable bonds is 1. The SMILES string of the molecule is COC(=O)c1cccc2ncc(I)n12. The fraction of sp³-hybridized carbons (Fsp3) is 0.111. The van der Waals surface area contributed by atoms with Crippen molar-refractivity contribution in [2.24, 2.45) is 0 Å². The molecule has 2 rings (SSSR count). The smallest absolute Gasteiger partial charge is 0.355 e. The number of pyridine rings is 1. The van der Waals surface area contributed by atoms with Gasteiger partial charge >= 0.3 is 5.97 Å². The lowest BCUT2D eigenvalue weighted by Crippen LogP contribution is -2.08. The van der Waals surface area contributed by atoms with Gasteiger partial charge in [-0.25, -0.2) is 9.78 Å². The highest BCUT2D eigenvalue weighted by Gasteiger charge is 2.11. The van der Waals surface area contributed by atoms with E-state index in [1.54, 1.807) is 22.7 Å². The van der Waals surface area contributed by atoms with Gasteiger partial charge in [-0.2, -0.15) is 0 Å². The van der Waals surface area contributed by atoms with Crippen LogP contribution in [0.15, 0.2) is 24.4 Å². The van der Waals surface area contributed by atoms with Crippen LogP contribution in [0.3, 0.4) is 0 Å². The van der Waals surface area contributed by atoms with Gasteiger partial charge in [0, 0.05) is 0 Å². The Bertz CT molecular complexity index is 493. The molecule has 0 aliphatic carbocycles. The molecule has 0 fully saturated rings. The Balaban J connectivity index is 2.75. The molecule has 4 nitrogen and oxygen atoms in total. The van der Waals surface area contributed by atoms with E-state index in [2.05, 4.69) is 32.3 Å². The fourth-order valence-corrected chi connectivity index (χ4v) is 1.91. The van der Waals surface area contributed by atoms with E-state index in [0.29, 0.717) is 5.69 Å². The number of aromatic nitrogens is 2. The molecule has 72 valence electrons. The molecule has 0 N–H and O–H groups in total. The van der Waals surface area contributed by atoms with Gasteiger partial charge in [0.25, 0.3) is 0 Å². The number of carbonyl (C=O) groups excluding carboxylic acids is 1. The van der Waals surface area contributed by atoms with Crippen molar-refractivity contribution in [3.05, 3.63) is 33.8 Å². The zero-order chi connectivity index (χ0) is 10.1. The second-order valence-electron chi connectivity index (χ2n) is 2.68. The Labute approximate surface area is 94.0 Å². The van der Waals surface area contributed by atoms with Gasteiger partial charge < -0.3 is 4.74 Å². The average Bonchev–Trinajstić information content (AvgIpc) is 2.59. The maximum absolute atomic E-state index is 11.4. The van der Waals surface area contributed by atoms with Crippen LogP contribution in [-0.4, -0.2) is 22.5 Å². The van der Waals surface area contributed by atoms with E-state index in [1.807, 2.05) is 6.07 Å². The summed E-state index contributed by atoms with van der Waals surface area (Å²) in [5.74, 6) is -0.355. The van der Waals surface area contributed by atoms with E-state index in [4.69, 9.17) is 0 Å². The first kappa shape index (κ1) is 9.45. The van der Waals surface area contributed by atoms with Crippen molar-refractivity contribution < 1.29 is 9.53 Å². The van der Waals surface area contributed by atoms with Gasteiger partial charge in [0.1, 0.15) is 15.0 Å². The van der Waals surface area contributed by atoms with E-state index < -0.39 is 0 Å². The number of fused-ring (bicyclic) bond motifs is 1. The molecule has 2 heterocycles. The molecule has 0 unspecified atom stereocenters. The van der Waals surface area contributed by atoms with Gasteiger partial charge in [0.05, 0.1) is 13.3 Å². The van der Waals surface area contributed by atoms with Gasteiger partial charge in [-0.05, 0) is 34.7 Å². The number of carbonyl (C=O) groups is 1. The summed E-state index contributed by atoms with van der Waals surface area (Å²) < 4.78 is 7.32. The number of ether oxygens (including phenoxy) is 1. The largest absolute Gasteiger partial charge is 0.464 e. The van der Waals surface area contributed by atoms with Crippen molar-refractivity contribution in [1.29, 1.82) is 0 Å². The van der Waals surface area contributed by atoms with Crippen LogP contribution in [0.1, 0.15) is 10.5 Å². The number of hydrogen-bond acceptors (Lipinski definition) is 3. The highest BCUT2D eigenvalue weighted by Crippen LogP contribution is 2.13. The molecule has 5 heteroatoms. The maximum Gasteiger partial charge on any atom is 0.355 e. The zero-order valence-corrected chi connectivity index (χ0v) is 9.56. The highest BCUT2D eigenvalue weighted by atomic mass is 127. The van der Waals surface area contributed by atoms with E-state index in [0.717, 1.165) is 9.35 Å². The van der Waals surface area contributed by atoms with Gasteiger partial charge in [-0.3, -0.25) is 4.40 Å². The first-order valence-corrected chi connectivity index (χ1v) is 5.02. The van der Waals surface area contributed by atoms with Crippen LogP contribution in [0, 0.1) is 3.70 Å². The van der Waals surface area contributed by atoms with Crippen LogP contribution < -0.4 is 0 Å². The van der Waals surface area contributed by atoms with Crippen molar-refractivity contribution in [2.45, 2.75) is 0 Å². The number of hydrogen-bond donors (Lipinski definition) is 0. The zero-order valence-electron chi connectivity index (χ0n) is 7.40. The number of imidazole rings is 1. The normalized spacial score (nSPS) is 10.4. The Hall–Kier alpha value is -1.11. The van der Waals surface area contributed by atoms with Crippen molar-refractivity contribution in [2.75, 3.05) is 7.11 Å². The van der Waals surface area contributed by atoms with E-state index in [-0.39, 0.29) is 5.97 Å². The number of esters is 1. The van der Waals surface area contributed by atoms with Crippen LogP contribution in [0.5, 0.6) is 0 Å². The van der Waals surface area contributed by atoms with Crippen LogP contribution in [0.2, 0.25) is 0 Å². The lowest BCUT2D eigenvalue weighted by molar-refractivity contribution is 0.0592. The third-order valence-electron chi connectivity index (χ3n) is 1.88. The summed E-state index contributed by atoms with van der Waals surface area (Å²) in [6, 6.07) is 5.34. The van der Waals surface area contributed by atoms with Gasteiger partial charge in [0.15, 0.2) is 0 Å². The second kappa shape index (κ2) is 3.56. The molecule has 0 radical (unpaired) electrons. The molecule has 14 heavy (non-hydrogen) atoms. The standard InChI is InChI=1S/C9H7IN2O2/c1-14-9(13)6-3-2-4-8-11-5-7(10)12(6)8/h2-5H,1H3. The minimum absolute atomic E-state index is 0.355. The molecule has 0 atom stereocenters. The van der Waals surface area contributed by atoms with Crippen LogP contribution in [-0.2, 0) is 4.74 Å². The Morgan fingerprint density at radius 1 is 1.57 bits per heavy atom. The summed E-state index contributed by atoms with van der Waals surface area (Å²) in [6.07, 6.45) is 1.71. The highest BCUT2D eigenvalue weighted by molar-refractivity contribution is 14.1. The minimum atomic E-state index is -0.355. The summed E-state index contributed by atoms with van der Waals surface area (Å²) in [6.45, 7) is 0. The molecule has 0 saturated heterocycles. The predicted molar refractivity (Wildman–Crippen MR) is 59.2 cm³/mol. The lowest BCUT2D eigenvalue weighted by Gasteiger charge is -2.03. The summed E-state index contributed by atoms with van der Waals surface area (Å²) in [5.41, 5.74) is 1.24. The molecule has 0 amide bonds. The first-order chi connectivity index (χ1) is 6.74. The van der Waals surface area contributed by atoms with Gasteiger partial charge in [-0.1, -0.05) is 6.07 Å².